The molecule has 0 saturated heterocycles. The molecule has 0 spiro atoms. The fourth-order valence-corrected chi connectivity index (χ4v) is 2.10. The van der Waals surface area contributed by atoms with Crippen LogP contribution in [0, 0.1) is 6.92 Å². The smallest absolute Gasteiger partial charge is 0.191 e. The van der Waals surface area contributed by atoms with Crippen molar-refractivity contribution in [1.82, 2.24) is 20.0 Å². The van der Waals surface area contributed by atoms with Crippen LogP contribution in [-0.4, -0.2) is 42.7 Å². The highest BCUT2D eigenvalue weighted by atomic mass is 16.5. The number of aliphatic imine (C=N–C) groups is 1. The molecular formula is C15H23N5O. The van der Waals surface area contributed by atoms with Crippen molar-refractivity contribution in [1.29, 1.82) is 0 Å². The molecule has 0 radical (unpaired) electrons. The first-order valence-electron chi connectivity index (χ1n) is 7.11. The van der Waals surface area contributed by atoms with Crippen molar-refractivity contribution in [3.63, 3.8) is 0 Å². The quantitative estimate of drug-likeness (QED) is 0.479. The second kappa shape index (κ2) is 7.64. The van der Waals surface area contributed by atoms with Crippen LogP contribution in [0.15, 0.2) is 29.4 Å². The zero-order valence-electron chi connectivity index (χ0n) is 12.9. The van der Waals surface area contributed by atoms with Gasteiger partial charge in [0.1, 0.15) is 5.65 Å². The summed E-state index contributed by atoms with van der Waals surface area (Å²) in [6.07, 6.45) is 3.00. The molecule has 0 bridgehead atoms. The topological polar surface area (TPSA) is 63.0 Å². The van der Waals surface area contributed by atoms with E-state index in [1.807, 2.05) is 12.1 Å². The Morgan fingerprint density at radius 3 is 2.95 bits per heavy atom. The van der Waals surface area contributed by atoms with Gasteiger partial charge in [-0.05, 0) is 25.5 Å². The highest BCUT2D eigenvalue weighted by Crippen LogP contribution is 2.08. The Balaban J connectivity index is 1.89. The maximum absolute atomic E-state index is 5.02. The summed E-state index contributed by atoms with van der Waals surface area (Å²) in [6, 6.07) is 6.10. The Hall–Kier alpha value is -2.08. The van der Waals surface area contributed by atoms with Gasteiger partial charge < -0.3 is 19.8 Å². The second-order valence-corrected chi connectivity index (χ2v) is 4.83. The number of ether oxygens (including phenoxy) is 1. The van der Waals surface area contributed by atoms with Crippen molar-refractivity contribution in [2.24, 2.45) is 4.99 Å². The number of rotatable bonds is 6. The predicted molar refractivity (Wildman–Crippen MR) is 84.6 cm³/mol. The third-order valence-electron chi connectivity index (χ3n) is 3.22. The van der Waals surface area contributed by atoms with E-state index >= 15 is 0 Å². The number of guanidine groups is 1. The van der Waals surface area contributed by atoms with Gasteiger partial charge in [0.2, 0.25) is 0 Å². The number of pyridine rings is 1. The number of methoxy groups -OCH3 is 1. The zero-order chi connectivity index (χ0) is 15.1. The molecule has 0 aliphatic carbocycles. The van der Waals surface area contributed by atoms with Gasteiger partial charge in [-0.1, -0.05) is 6.07 Å². The summed E-state index contributed by atoms with van der Waals surface area (Å²) in [5.74, 6) is 0.778. The van der Waals surface area contributed by atoms with Crippen molar-refractivity contribution < 1.29 is 4.74 Å². The molecule has 0 saturated carbocycles. The van der Waals surface area contributed by atoms with Gasteiger partial charge in [-0.15, -0.1) is 0 Å². The predicted octanol–water partition coefficient (Wildman–Crippen LogP) is 1.34. The highest BCUT2D eigenvalue weighted by Gasteiger charge is 2.04. The summed E-state index contributed by atoms with van der Waals surface area (Å²) in [4.78, 5) is 8.78. The van der Waals surface area contributed by atoms with Crippen LogP contribution in [0.5, 0.6) is 0 Å². The molecular weight excluding hydrogens is 266 g/mol. The lowest BCUT2D eigenvalue weighted by Gasteiger charge is -2.10. The zero-order valence-corrected chi connectivity index (χ0v) is 12.9. The second-order valence-electron chi connectivity index (χ2n) is 4.83. The minimum atomic E-state index is 0.644. The van der Waals surface area contributed by atoms with E-state index in [2.05, 4.69) is 44.2 Å². The molecule has 114 valence electrons. The Labute approximate surface area is 125 Å². The summed E-state index contributed by atoms with van der Waals surface area (Å²) >= 11 is 0. The van der Waals surface area contributed by atoms with Gasteiger partial charge in [0, 0.05) is 39.2 Å². The Kier molecular flexibility index (Phi) is 5.57. The average Bonchev–Trinajstić information content (AvgIpc) is 2.91. The molecule has 2 aromatic rings. The first-order chi connectivity index (χ1) is 10.2. The van der Waals surface area contributed by atoms with Crippen LogP contribution in [0.3, 0.4) is 0 Å². The molecule has 0 fully saturated rings. The summed E-state index contributed by atoms with van der Waals surface area (Å²) in [5.41, 5.74) is 3.13. The molecule has 0 amide bonds. The van der Waals surface area contributed by atoms with E-state index in [0.29, 0.717) is 6.54 Å². The number of nitrogens with one attached hydrogen (secondary N) is 2. The summed E-state index contributed by atoms with van der Waals surface area (Å²) in [5, 5.41) is 6.51. The largest absolute Gasteiger partial charge is 0.385 e. The van der Waals surface area contributed by atoms with E-state index in [-0.39, 0.29) is 0 Å². The van der Waals surface area contributed by atoms with E-state index in [0.717, 1.165) is 36.9 Å². The number of aromatic nitrogens is 2. The van der Waals surface area contributed by atoms with E-state index in [1.54, 1.807) is 14.2 Å². The first-order valence-corrected chi connectivity index (χ1v) is 7.11. The number of fused-ring (bicyclic) bond motifs is 1. The van der Waals surface area contributed by atoms with E-state index in [9.17, 15) is 0 Å². The molecule has 2 rings (SSSR count). The van der Waals surface area contributed by atoms with Gasteiger partial charge in [0.05, 0.1) is 12.2 Å². The Morgan fingerprint density at radius 2 is 2.24 bits per heavy atom. The van der Waals surface area contributed by atoms with Crippen LogP contribution in [0.1, 0.15) is 17.8 Å². The molecule has 2 aromatic heterocycles. The molecule has 0 unspecified atom stereocenters. The SMILES string of the molecule is CN=C(NCCCOC)NCc1cn2c(C)cccc2n1. The highest BCUT2D eigenvalue weighted by molar-refractivity contribution is 5.79. The van der Waals surface area contributed by atoms with E-state index in [1.165, 1.54) is 5.69 Å². The van der Waals surface area contributed by atoms with Crippen LogP contribution < -0.4 is 10.6 Å². The Morgan fingerprint density at radius 1 is 1.38 bits per heavy atom. The lowest BCUT2D eigenvalue weighted by atomic mass is 10.4. The standard InChI is InChI=1S/C15H23N5O/c1-12-6-4-7-14-19-13(11-20(12)14)10-18-15(16-2)17-8-5-9-21-3/h4,6-7,11H,5,8-10H2,1-3H3,(H2,16,17,18). The molecule has 2 N–H and O–H groups in total. The normalized spacial score (nSPS) is 11.9. The van der Waals surface area contributed by atoms with Gasteiger partial charge in [-0.3, -0.25) is 4.99 Å². The maximum Gasteiger partial charge on any atom is 0.191 e. The van der Waals surface area contributed by atoms with Gasteiger partial charge in [0.25, 0.3) is 0 Å². The molecule has 6 heteroatoms. The summed E-state index contributed by atoms with van der Waals surface area (Å²) in [7, 11) is 3.47. The third kappa shape index (κ3) is 4.19. The molecule has 2 heterocycles. The fraction of sp³-hybridized carbons (Fsp3) is 0.467. The minimum absolute atomic E-state index is 0.644. The number of nitrogens with zero attached hydrogens (tertiary/aromatic N) is 3. The van der Waals surface area contributed by atoms with Crippen molar-refractivity contribution in [3.8, 4) is 0 Å². The van der Waals surface area contributed by atoms with Gasteiger partial charge in [-0.25, -0.2) is 4.98 Å². The van der Waals surface area contributed by atoms with Crippen molar-refractivity contribution in [3.05, 3.63) is 35.8 Å². The summed E-state index contributed by atoms with van der Waals surface area (Å²) in [6.45, 7) is 4.29. The number of hydrogen-bond acceptors (Lipinski definition) is 3. The number of imidazole rings is 1. The fourth-order valence-electron chi connectivity index (χ4n) is 2.10. The first kappa shape index (κ1) is 15.3. The van der Waals surface area contributed by atoms with Gasteiger partial charge in [0.15, 0.2) is 5.96 Å². The van der Waals surface area contributed by atoms with Crippen molar-refractivity contribution >= 4 is 11.6 Å². The van der Waals surface area contributed by atoms with Crippen molar-refractivity contribution in [2.75, 3.05) is 27.3 Å². The van der Waals surface area contributed by atoms with Crippen LogP contribution in [-0.2, 0) is 11.3 Å². The molecule has 0 aliphatic heterocycles. The maximum atomic E-state index is 5.02. The lowest BCUT2D eigenvalue weighted by molar-refractivity contribution is 0.195. The molecule has 21 heavy (non-hydrogen) atoms. The van der Waals surface area contributed by atoms with Gasteiger partial charge >= 0.3 is 0 Å². The third-order valence-corrected chi connectivity index (χ3v) is 3.22. The molecule has 6 nitrogen and oxygen atoms in total. The Bertz CT molecular complexity index is 605. The van der Waals surface area contributed by atoms with E-state index < -0.39 is 0 Å². The summed E-state index contributed by atoms with van der Waals surface area (Å²) < 4.78 is 7.11. The van der Waals surface area contributed by atoms with Crippen LogP contribution in [0.25, 0.3) is 5.65 Å². The average molecular weight is 289 g/mol. The molecule has 0 aliphatic rings. The van der Waals surface area contributed by atoms with Crippen LogP contribution in [0.4, 0.5) is 0 Å². The van der Waals surface area contributed by atoms with Gasteiger partial charge in [-0.2, -0.15) is 0 Å². The van der Waals surface area contributed by atoms with E-state index in [4.69, 9.17) is 4.74 Å². The lowest BCUT2D eigenvalue weighted by Crippen LogP contribution is -2.37. The minimum Gasteiger partial charge on any atom is -0.385 e. The van der Waals surface area contributed by atoms with Crippen LogP contribution in [0.2, 0.25) is 0 Å². The van der Waals surface area contributed by atoms with Crippen LogP contribution >= 0.6 is 0 Å². The number of hydrogen-bond donors (Lipinski definition) is 2. The monoisotopic (exact) mass is 289 g/mol. The molecule has 0 atom stereocenters. The number of aryl methyl sites for hydroxylation is 1. The van der Waals surface area contributed by atoms with Crippen molar-refractivity contribution in [2.45, 2.75) is 19.9 Å². The molecule has 0 aromatic carbocycles.